The molecule has 7 nitrogen and oxygen atoms in total. The molecular weight excluding hydrogens is 484 g/mol. The zero-order valence-electron chi connectivity index (χ0n) is 13.5. The van der Waals surface area contributed by atoms with Crippen molar-refractivity contribution in [2.24, 2.45) is 5.92 Å². The molecule has 1 saturated heterocycles. The summed E-state index contributed by atoms with van der Waals surface area (Å²) in [5.41, 5.74) is 3.94. The van der Waals surface area contributed by atoms with Gasteiger partial charge in [0.05, 0.1) is 11.3 Å². The lowest BCUT2D eigenvalue weighted by Gasteiger charge is -2.32. The van der Waals surface area contributed by atoms with Crippen LogP contribution < -0.4 is 10.7 Å². The second-order valence-electron chi connectivity index (χ2n) is 5.90. The smallest absolute Gasteiger partial charge is 0.347 e. The minimum atomic E-state index is -4.40. The highest BCUT2D eigenvalue weighted by molar-refractivity contribution is 14.2. The molecule has 1 fully saturated rings. The van der Waals surface area contributed by atoms with Crippen LogP contribution in [0.25, 0.3) is 11.0 Å². The Morgan fingerprint density at radius 2 is 2.23 bits per heavy atom. The number of rotatable bonds is 5. The lowest BCUT2D eigenvalue weighted by molar-refractivity contribution is -0.141. The van der Waals surface area contributed by atoms with E-state index in [4.69, 9.17) is 0 Å². The summed E-state index contributed by atoms with van der Waals surface area (Å²) in [6.07, 6.45) is 0.189. The molecule has 1 atom stereocenters. The molecule has 12 heteroatoms. The summed E-state index contributed by atoms with van der Waals surface area (Å²) in [6, 6.07) is 1.89. The number of alkyl halides is 3. The summed E-state index contributed by atoms with van der Waals surface area (Å²) < 4.78 is 38.7. The van der Waals surface area contributed by atoms with Gasteiger partial charge in [0.15, 0.2) is 11.5 Å². The first-order valence-electron chi connectivity index (χ1n) is 7.84. The first-order chi connectivity index (χ1) is 12.4. The summed E-state index contributed by atoms with van der Waals surface area (Å²) in [5.74, 6) is -0.463. The normalized spacial score (nSPS) is 18.8. The van der Waals surface area contributed by atoms with Crippen molar-refractivity contribution < 1.29 is 18.0 Å². The molecule has 0 radical (unpaired) electrons. The van der Waals surface area contributed by atoms with Crippen molar-refractivity contribution in [3.05, 3.63) is 18.6 Å². The van der Waals surface area contributed by atoms with E-state index in [0.717, 1.165) is 11.0 Å². The van der Waals surface area contributed by atoms with Gasteiger partial charge in [0.1, 0.15) is 12.9 Å². The van der Waals surface area contributed by atoms with Crippen LogP contribution in [0, 0.1) is 5.92 Å². The highest BCUT2D eigenvalue weighted by Gasteiger charge is 2.31. The molecule has 3 rings (SSSR count). The van der Waals surface area contributed by atoms with Crippen molar-refractivity contribution in [1.82, 2.24) is 24.3 Å². The van der Waals surface area contributed by atoms with Gasteiger partial charge in [-0.05, 0) is 18.9 Å². The van der Waals surface area contributed by atoms with Crippen LogP contribution in [0.15, 0.2) is 18.6 Å². The van der Waals surface area contributed by atoms with Crippen LogP contribution in [0.1, 0.15) is 12.8 Å². The van der Waals surface area contributed by atoms with E-state index in [2.05, 4.69) is 36.6 Å². The fourth-order valence-corrected chi connectivity index (χ4v) is 4.12. The number of amides is 1. The third-order valence-electron chi connectivity index (χ3n) is 4.04. The molecule has 26 heavy (non-hydrogen) atoms. The average molecular weight is 500 g/mol. The molecule has 2 N–H and O–H groups in total. The Labute approximate surface area is 163 Å². The lowest BCUT2D eigenvalue weighted by atomic mass is 9.98. The molecule has 1 amide bonds. The van der Waals surface area contributed by atoms with Gasteiger partial charge in [-0.25, -0.2) is 15.0 Å². The lowest BCUT2D eigenvalue weighted by Crippen LogP contribution is -2.46. The van der Waals surface area contributed by atoms with Crippen LogP contribution in [-0.4, -0.2) is 50.7 Å². The Morgan fingerprint density at radius 1 is 1.42 bits per heavy atom. The minimum absolute atomic E-state index is 0.316. The minimum Gasteiger partial charge on any atom is -0.347 e. The maximum absolute atomic E-state index is 12.3. The number of hydrogen-bond donors (Lipinski definition) is 2. The second kappa shape index (κ2) is 8.17. The molecule has 1 unspecified atom stereocenters. The van der Waals surface area contributed by atoms with E-state index in [9.17, 15) is 18.0 Å². The number of nitrogens with zero attached hydrogens (tertiary/aromatic N) is 4. The largest absolute Gasteiger partial charge is 0.405 e. The number of fused-ring (bicyclic) bond motifs is 1. The van der Waals surface area contributed by atoms with Crippen molar-refractivity contribution >= 4 is 53.1 Å². The molecule has 0 saturated carbocycles. The van der Waals surface area contributed by atoms with Gasteiger partial charge in [0.2, 0.25) is 5.91 Å². The number of carbonyl (C=O) groups is 1. The SMILES string of the molecule is O=C(NCC(F)(F)F)C1CCCN(Nc2ncnc3c2ccn3SI)C1. The number of halogens is 4. The molecule has 142 valence electrons. The molecule has 1 aliphatic heterocycles. The van der Waals surface area contributed by atoms with Gasteiger partial charge in [0, 0.05) is 49.6 Å². The fraction of sp³-hybridized carbons (Fsp3) is 0.500. The fourth-order valence-electron chi connectivity index (χ4n) is 2.85. The molecule has 1 aliphatic rings. The van der Waals surface area contributed by atoms with Crippen LogP contribution in [0.5, 0.6) is 0 Å². The first kappa shape index (κ1) is 19.5. The van der Waals surface area contributed by atoms with Crippen LogP contribution in [0.3, 0.4) is 0 Å². The van der Waals surface area contributed by atoms with Crippen LogP contribution in [0.4, 0.5) is 19.0 Å². The van der Waals surface area contributed by atoms with Gasteiger partial charge in [-0.2, -0.15) is 13.2 Å². The third-order valence-corrected chi connectivity index (χ3v) is 5.76. The van der Waals surface area contributed by atoms with E-state index in [1.807, 2.05) is 26.6 Å². The van der Waals surface area contributed by atoms with Gasteiger partial charge in [-0.3, -0.25) is 8.77 Å². The van der Waals surface area contributed by atoms with E-state index in [-0.39, 0.29) is 0 Å². The summed E-state index contributed by atoms with van der Waals surface area (Å²) in [6.45, 7) is -0.309. The monoisotopic (exact) mass is 500 g/mol. The molecule has 2 aromatic heterocycles. The zero-order chi connectivity index (χ0) is 18.7. The number of aromatic nitrogens is 3. The predicted octanol–water partition coefficient (Wildman–Crippen LogP) is 3.00. The van der Waals surface area contributed by atoms with E-state index in [0.29, 0.717) is 31.7 Å². The van der Waals surface area contributed by atoms with Crippen molar-refractivity contribution in [2.75, 3.05) is 25.1 Å². The Morgan fingerprint density at radius 3 is 2.96 bits per heavy atom. The number of carbonyl (C=O) groups excluding carboxylic acids is 1. The highest BCUT2D eigenvalue weighted by atomic mass is 127. The zero-order valence-corrected chi connectivity index (χ0v) is 16.4. The predicted molar refractivity (Wildman–Crippen MR) is 102 cm³/mol. The molecule has 2 aromatic rings. The van der Waals surface area contributed by atoms with Crippen molar-refractivity contribution in [2.45, 2.75) is 19.0 Å². The summed E-state index contributed by atoms with van der Waals surface area (Å²) in [7, 11) is 1.48. The Balaban J connectivity index is 1.65. The number of hydrazine groups is 1. The topological polar surface area (TPSA) is 75.1 Å². The molecule has 0 aliphatic carbocycles. The van der Waals surface area contributed by atoms with E-state index in [1.165, 1.54) is 15.4 Å². The highest BCUT2D eigenvalue weighted by Crippen LogP contribution is 2.27. The molecule has 0 bridgehead atoms. The van der Waals surface area contributed by atoms with Crippen LogP contribution in [-0.2, 0) is 4.79 Å². The summed E-state index contributed by atoms with van der Waals surface area (Å²) in [4.78, 5) is 20.5. The number of nitrogens with one attached hydrogen (secondary N) is 2. The van der Waals surface area contributed by atoms with Gasteiger partial charge in [-0.1, -0.05) is 0 Å². The quantitative estimate of drug-likeness (QED) is 0.616. The second-order valence-corrected chi connectivity index (χ2v) is 7.61. The number of hydrogen-bond acceptors (Lipinski definition) is 6. The number of piperidine rings is 1. The van der Waals surface area contributed by atoms with E-state index < -0.39 is 24.5 Å². The Kier molecular flexibility index (Phi) is 6.12. The first-order valence-corrected chi connectivity index (χ1v) is 11.2. The molecule has 0 aromatic carbocycles. The van der Waals surface area contributed by atoms with Gasteiger partial charge in [-0.15, -0.1) is 0 Å². The van der Waals surface area contributed by atoms with E-state index >= 15 is 0 Å². The van der Waals surface area contributed by atoms with Gasteiger partial charge >= 0.3 is 6.18 Å². The third kappa shape index (κ3) is 4.71. The van der Waals surface area contributed by atoms with Crippen molar-refractivity contribution in [1.29, 1.82) is 0 Å². The van der Waals surface area contributed by atoms with Crippen LogP contribution in [0.2, 0.25) is 0 Å². The number of anilines is 1. The summed E-state index contributed by atoms with van der Waals surface area (Å²) in [5, 5.41) is 4.62. The Bertz CT molecular complexity index is 786. The molecule has 3 heterocycles. The van der Waals surface area contributed by atoms with Crippen molar-refractivity contribution in [3.63, 3.8) is 0 Å². The average Bonchev–Trinajstić information content (AvgIpc) is 3.03. The summed E-state index contributed by atoms with van der Waals surface area (Å²) >= 11 is 2.15. The van der Waals surface area contributed by atoms with Crippen LogP contribution >= 0.6 is 30.3 Å². The van der Waals surface area contributed by atoms with Gasteiger partial charge in [0.25, 0.3) is 0 Å². The van der Waals surface area contributed by atoms with Gasteiger partial charge < -0.3 is 10.7 Å². The maximum Gasteiger partial charge on any atom is 0.405 e. The van der Waals surface area contributed by atoms with Crippen molar-refractivity contribution in [3.8, 4) is 0 Å². The Hall–Kier alpha value is -1.28. The molecular formula is C14H16F3IN6OS. The molecule has 0 spiro atoms. The van der Waals surface area contributed by atoms with E-state index in [1.54, 1.807) is 0 Å². The standard InChI is InChI=1S/C14H16F3IN6OS/c15-14(16,17)7-19-13(25)9-2-1-4-23(6-9)22-11-10-3-5-24(26-18)12(10)21-8-20-11/h3,5,8-9H,1-2,4,6-7H2,(H,19,25)(H,20,21,22). The maximum atomic E-state index is 12.3.